The van der Waals surface area contributed by atoms with Gasteiger partial charge in [0.2, 0.25) is 0 Å². The van der Waals surface area contributed by atoms with Crippen molar-refractivity contribution in [2.75, 3.05) is 5.32 Å². The summed E-state index contributed by atoms with van der Waals surface area (Å²) >= 11 is 0. The minimum absolute atomic E-state index is 0.784. The van der Waals surface area contributed by atoms with Gasteiger partial charge in [0.05, 0.1) is 0 Å². The molecular formula is C10H11N. The molecule has 0 spiro atoms. The molecule has 1 aromatic carbocycles. The Balaban J connectivity index is 2.20. The van der Waals surface area contributed by atoms with Crippen LogP contribution in [0.3, 0.4) is 0 Å². The molecule has 0 saturated heterocycles. The zero-order valence-electron chi connectivity index (χ0n) is 6.59. The van der Waals surface area contributed by atoms with Gasteiger partial charge in [-0.15, -0.1) is 0 Å². The first-order valence-corrected chi connectivity index (χ1v) is 4.22. The van der Waals surface area contributed by atoms with Gasteiger partial charge in [0.1, 0.15) is 0 Å². The van der Waals surface area contributed by atoms with E-state index in [9.17, 15) is 0 Å². The van der Waals surface area contributed by atoms with Crippen LogP contribution in [-0.4, -0.2) is 6.04 Å². The van der Waals surface area contributed by atoms with E-state index in [1.807, 2.05) is 0 Å². The molecule has 1 aliphatic carbocycles. The molecule has 11 heavy (non-hydrogen) atoms. The van der Waals surface area contributed by atoms with Gasteiger partial charge in [0.15, 0.2) is 0 Å². The fraction of sp³-hybridized carbons (Fsp3) is 0.400. The van der Waals surface area contributed by atoms with Crippen LogP contribution in [0.4, 0.5) is 5.69 Å². The van der Waals surface area contributed by atoms with Crippen LogP contribution in [0.1, 0.15) is 23.5 Å². The summed E-state index contributed by atoms with van der Waals surface area (Å²) in [7, 11) is 0. The highest BCUT2D eigenvalue weighted by Crippen LogP contribution is 2.51. The maximum Gasteiger partial charge on any atom is 0.0378 e. The van der Waals surface area contributed by atoms with Crippen LogP contribution in [-0.2, 0) is 0 Å². The van der Waals surface area contributed by atoms with E-state index >= 15 is 0 Å². The van der Waals surface area contributed by atoms with E-state index in [0.717, 1.165) is 12.0 Å². The van der Waals surface area contributed by atoms with Crippen molar-refractivity contribution in [2.24, 2.45) is 0 Å². The Kier molecular flexibility index (Phi) is 0.823. The quantitative estimate of drug-likeness (QED) is 0.590. The van der Waals surface area contributed by atoms with E-state index in [4.69, 9.17) is 0 Å². The van der Waals surface area contributed by atoms with Gasteiger partial charge in [-0.05, 0) is 25.0 Å². The third-order valence-corrected chi connectivity index (χ3v) is 2.74. The summed E-state index contributed by atoms with van der Waals surface area (Å²) in [6, 6.07) is 7.49. The van der Waals surface area contributed by atoms with Crippen LogP contribution in [0.15, 0.2) is 18.2 Å². The second-order valence-corrected chi connectivity index (χ2v) is 3.68. The molecule has 1 N–H and O–H groups in total. The molecule has 2 unspecified atom stereocenters. The maximum absolute atomic E-state index is 3.50. The molecule has 2 atom stereocenters. The monoisotopic (exact) mass is 145 g/mol. The van der Waals surface area contributed by atoms with Gasteiger partial charge in [0.25, 0.3) is 0 Å². The summed E-state index contributed by atoms with van der Waals surface area (Å²) in [6.45, 7) is 2.16. The van der Waals surface area contributed by atoms with Crippen LogP contribution >= 0.6 is 0 Å². The van der Waals surface area contributed by atoms with Crippen molar-refractivity contribution in [1.29, 1.82) is 0 Å². The van der Waals surface area contributed by atoms with Crippen molar-refractivity contribution in [3.63, 3.8) is 0 Å². The number of nitrogens with one attached hydrogen (secondary N) is 1. The van der Waals surface area contributed by atoms with E-state index < -0.39 is 0 Å². The lowest BCUT2D eigenvalue weighted by Gasteiger charge is -2.03. The molecule has 0 aromatic heterocycles. The average molecular weight is 145 g/mol. The summed E-state index contributed by atoms with van der Waals surface area (Å²) in [6.07, 6.45) is 1.36. The fourth-order valence-electron chi connectivity index (χ4n) is 2.02. The van der Waals surface area contributed by atoms with E-state index in [0.29, 0.717) is 0 Å². The molecule has 0 amide bonds. The Labute approximate surface area is 66.4 Å². The first kappa shape index (κ1) is 5.64. The molecule has 0 bridgehead atoms. The molecule has 1 saturated carbocycles. The van der Waals surface area contributed by atoms with Crippen LogP contribution < -0.4 is 5.32 Å². The van der Waals surface area contributed by atoms with Crippen molar-refractivity contribution < 1.29 is 0 Å². The van der Waals surface area contributed by atoms with Crippen LogP contribution in [0, 0.1) is 6.92 Å². The molecule has 2 aliphatic rings. The lowest BCUT2D eigenvalue weighted by Crippen LogP contribution is -1.95. The Morgan fingerprint density at radius 2 is 2.36 bits per heavy atom. The van der Waals surface area contributed by atoms with E-state index in [1.54, 1.807) is 5.56 Å². The van der Waals surface area contributed by atoms with Crippen LogP contribution in [0.25, 0.3) is 0 Å². The summed E-state index contributed by atoms with van der Waals surface area (Å²) < 4.78 is 0. The predicted octanol–water partition coefficient (Wildman–Crippen LogP) is 2.28. The molecule has 1 heteroatoms. The number of hydrogen-bond donors (Lipinski definition) is 1. The van der Waals surface area contributed by atoms with Crippen molar-refractivity contribution in [1.82, 2.24) is 0 Å². The lowest BCUT2D eigenvalue weighted by molar-refractivity contribution is 1.13. The molecule has 1 aliphatic heterocycles. The first-order valence-electron chi connectivity index (χ1n) is 4.22. The normalized spacial score (nSPS) is 30.6. The van der Waals surface area contributed by atoms with Crippen molar-refractivity contribution in [3.05, 3.63) is 29.3 Å². The Morgan fingerprint density at radius 1 is 1.45 bits per heavy atom. The summed E-state index contributed by atoms with van der Waals surface area (Å²) in [4.78, 5) is 0. The highest BCUT2D eigenvalue weighted by molar-refractivity contribution is 5.64. The smallest absolute Gasteiger partial charge is 0.0378 e. The third-order valence-electron chi connectivity index (χ3n) is 2.74. The number of fused-ring (bicyclic) bond motifs is 3. The molecule has 1 aromatic rings. The average Bonchev–Trinajstić information content (AvgIpc) is 2.67. The number of aryl methyl sites for hydroxylation is 1. The number of benzene rings is 1. The second-order valence-electron chi connectivity index (χ2n) is 3.68. The zero-order chi connectivity index (χ0) is 7.42. The number of rotatable bonds is 0. The second kappa shape index (κ2) is 1.60. The van der Waals surface area contributed by atoms with E-state index in [2.05, 4.69) is 30.4 Å². The molecule has 3 rings (SSSR count). The number of anilines is 1. The molecule has 1 nitrogen and oxygen atoms in total. The van der Waals surface area contributed by atoms with E-state index in [-0.39, 0.29) is 0 Å². The number of hydrogen-bond acceptors (Lipinski definition) is 1. The molecule has 1 heterocycles. The first-order chi connectivity index (χ1) is 5.34. The van der Waals surface area contributed by atoms with Crippen molar-refractivity contribution in [2.45, 2.75) is 25.3 Å². The van der Waals surface area contributed by atoms with Gasteiger partial charge >= 0.3 is 0 Å². The minimum atomic E-state index is 0.784. The van der Waals surface area contributed by atoms with Gasteiger partial charge in [-0.2, -0.15) is 0 Å². The van der Waals surface area contributed by atoms with Crippen LogP contribution in [0.2, 0.25) is 0 Å². The SMILES string of the molecule is Cc1ccc2c(c1)C1CC1N2. The third kappa shape index (κ3) is 0.657. The van der Waals surface area contributed by atoms with Gasteiger partial charge in [-0.3, -0.25) is 0 Å². The predicted molar refractivity (Wildman–Crippen MR) is 45.9 cm³/mol. The van der Waals surface area contributed by atoms with Gasteiger partial charge in [0, 0.05) is 17.6 Å². The zero-order valence-corrected chi connectivity index (χ0v) is 6.59. The van der Waals surface area contributed by atoms with E-state index in [1.165, 1.54) is 17.7 Å². The Bertz CT molecular complexity index is 317. The van der Waals surface area contributed by atoms with Crippen molar-refractivity contribution in [3.8, 4) is 0 Å². The summed E-state index contributed by atoms with van der Waals surface area (Å²) in [5.74, 6) is 0.852. The minimum Gasteiger partial charge on any atom is -0.381 e. The van der Waals surface area contributed by atoms with Crippen LogP contribution in [0.5, 0.6) is 0 Å². The standard InChI is InChI=1S/C10H11N/c1-6-2-3-9-7(4-6)8-5-10(8)11-9/h2-4,8,10-11H,5H2,1H3. The Morgan fingerprint density at radius 3 is 3.27 bits per heavy atom. The summed E-state index contributed by atoms with van der Waals surface area (Å²) in [5.41, 5.74) is 4.31. The molecule has 0 radical (unpaired) electrons. The van der Waals surface area contributed by atoms with Crippen molar-refractivity contribution >= 4 is 5.69 Å². The molecular weight excluding hydrogens is 134 g/mol. The molecule has 56 valence electrons. The fourth-order valence-corrected chi connectivity index (χ4v) is 2.02. The molecule has 1 fully saturated rings. The lowest BCUT2D eigenvalue weighted by atomic mass is 10.1. The van der Waals surface area contributed by atoms with Gasteiger partial charge in [-0.25, -0.2) is 0 Å². The highest BCUT2D eigenvalue weighted by atomic mass is 15.0. The Hall–Kier alpha value is -0.980. The highest BCUT2D eigenvalue weighted by Gasteiger charge is 2.44. The topological polar surface area (TPSA) is 12.0 Å². The van der Waals surface area contributed by atoms with Gasteiger partial charge < -0.3 is 5.32 Å². The maximum atomic E-state index is 3.50. The summed E-state index contributed by atoms with van der Waals surface area (Å²) in [5, 5.41) is 3.50. The van der Waals surface area contributed by atoms with Gasteiger partial charge in [-0.1, -0.05) is 17.7 Å². The largest absolute Gasteiger partial charge is 0.381 e.